The quantitative estimate of drug-likeness (QED) is 0.922. The van der Waals surface area contributed by atoms with E-state index in [1.54, 1.807) is 7.11 Å². The normalized spacial score (nSPS) is 21.3. The van der Waals surface area contributed by atoms with Gasteiger partial charge in [0.1, 0.15) is 5.75 Å². The molecular weight excluding hydrogens is 270 g/mol. The van der Waals surface area contributed by atoms with E-state index in [-0.39, 0.29) is 6.10 Å². The van der Waals surface area contributed by atoms with Crippen LogP contribution in [0.15, 0.2) is 22.7 Å². The van der Waals surface area contributed by atoms with E-state index in [0.29, 0.717) is 0 Å². The van der Waals surface area contributed by atoms with Gasteiger partial charge in [0.2, 0.25) is 0 Å². The number of hydrogen-bond donors (Lipinski definition) is 1. The van der Waals surface area contributed by atoms with Crippen LogP contribution in [0.4, 0.5) is 0 Å². The molecule has 1 saturated heterocycles. The van der Waals surface area contributed by atoms with E-state index >= 15 is 0 Å². The molecule has 1 fully saturated rings. The summed E-state index contributed by atoms with van der Waals surface area (Å²) in [4.78, 5) is 2.25. The minimum absolute atomic E-state index is 0.165. The molecule has 1 aliphatic rings. The van der Waals surface area contributed by atoms with Crippen molar-refractivity contribution in [3.63, 3.8) is 0 Å². The minimum Gasteiger partial charge on any atom is -0.496 e. The Morgan fingerprint density at radius 1 is 1.56 bits per heavy atom. The number of ether oxygens (including phenoxy) is 1. The second-order valence-electron chi connectivity index (χ2n) is 4.13. The summed E-state index contributed by atoms with van der Waals surface area (Å²) in [5.74, 6) is 0.899. The van der Waals surface area contributed by atoms with Gasteiger partial charge in [-0.25, -0.2) is 0 Å². The Kier molecular flexibility index (Phi) is 3.84. The third-order valence-electron chi connectivity index (χ3n) is 2.89. The highest BCUT2D eigenvalue weighted by atomic mass is 79.9. The first kappa shape index (κ1) is 11.9. The highest BCUT2D eigenvalue weighted by molar-refractivity contribution is 9.10. The largest absolute Gasteiger partial charge is 0.496 e. The SMILES string of the molecule is COc1cc(Br)ccc1CN1CC[C@H](O)C1. The van der Waals surface area contributed by atoms with Crippen molar-refractivity contribution in [2.75, 3.05) is 20.2 Å². The Morgan fingerprint density at radius 2 is 2.38 bits per heavy atom. The zero-order valence-corrected chi connectivity index (χ0v) is 10.9. The topological polar surface area (TPSA) is 32.7 Å². The van der Waals surface area contributed by atoms with Crippen molar-refractivity contribution in [1.29, 1.82) is 0 Å². The number of hydrogen-bond acceptors (Lipinski definition) is 3. The third-order valence-corrected chi connectivity index (χ3v) is 3.38. The van der Waals surface area contributed by atoms with Gasteiger partial charge in [-0.1, -0.05) is 22.0 Å². The van der Waals surface area contributed by atoms with Crippen LogP contribution in [-0.4, -0.2) is 36.3 Å². The predicted molar refractivity (Wildman–Crippen MR) is 66.6 cm³/mol. The molecule has 0 bridgehead atoms. The lowest BCUT2D eigenvalue weighted by Crippen LogP contribution is -2.21. The van der Waals surface area contributed by atoms with Crippen LogP contribution in [0, 0.1) is 0 Å². The lowest BCUT2D eigenvalue weighted by atomic mass is 10.2. The molecule has 0 amide bonds. The second kappa shape index (κ2) is 5.17. The van der Waals surface area contributed by atoms with E-state index in [0.717, 1.165) is 36.3 Å². The van der Waals surface area contributed by atoms with Crippen molar-refractivity contribution in [3.8, 4) is 5.75 Å². The van der Waals surface area contributed by atoms with Gasteiger partial charge in [-0.3, -0.25) is 4.90 Å². The van der Waals surface area contributed by atoms with Crippen molar-refractivity contribution in [2.45, 2.75) is 19.1 Å². The number of rotatable bonds is 3. The molecule has 0 radical (unpaired) electrons. The maximum atomic E-state index is 9.47. The highest BCUT2D eigenvalue weighted by Crippen LogP contribution is 2.25. The van der Waals surface area contributed by atoms with Crippen LogP contribution < -0.4 is 4.74 Å². The molecule has 3 nitrogen and oxygen atoms in total. The lowest BCUT2D eigenvalue weighted by molar-refractivity contribution is 0.174. The van der Waals surface area contributed by atoms with Crippen LogP contribution in [0.1, 0.15) is 12.0 Å². The molecule has 0 spiro atoms. The van der Waals surface area contributed by atoms with Crippen LogP contribution in [0.3, 0.4) is 0 Å². The Labute approximate surface area is 104 Å². The molecule has 1 aromatic rings. The van der Waals surface area contributed by atoms with Gasteiger partial charge in [0, 0.05) is 29.7 Å². The maximum absolute atomic E-state index is 9.47. The summed E-state index contributed by atoms with van der Waals surface area (Å²) in [6.07, 6.45) is 0.709. The first-order valence-electron chi connectivity index (χ1n) is 5.42. The van der Waals surface area contributed by atoms with E-state index < -0.39 is 0 Å². The third kappa shape index (κ3) is 2.75. The Morgan fingerprint density at radius 3 is 3.00 bits per heavy atom. The number of likely N-dealkylation sites (tertiary alicyclic amines) is 1. The van der Waals surface area contributed by atoms with E-state index in [1.807, 2.05) is 12.1 Å². The van der Waals surface area contributed by atoms with Gasteiger partial charge in [0.05, 0.1) is 13.2 Å². The molecule has 4 heteroatoms. The molecule has 0 aromatic heterocycles. The molecule has 2 rings (SSSR count). The van der Waals surface area contributed by atoms with Crippen LogP contribution >= 0.6 is 15.9 Å². The number of nitrogens with zero attached hydrogens (tertiary/aromatic N) is 1. The summed E-state index contributed by atoms with van der Waals surface area (Å²) in [7, 11) is 1.68. The molecule has 88 valence electrons. The smallest absolute Gasteiger partial charge is 0.124 e. The average Bonchev–Trinajstić information content (AvgIpc) is 2.67. The Bertz CT molecular complexity index is 370. The van der Waals surface area contributed by atoms with E-state index in [4.69, 9.17) is 4.74 Å². The van der Waals surface area contributed by atoms with Gasteiger partial charge in [0.15, 0.2) is 0 Å². The molecule has 1 atom stereocenters. The summed E-state index contributed by atoms with van der Waals surface area (Å²) in [6.45, 7) is 2.56. The lowest BCUT2D eigenvalue weighted by Gasteiger charge is -2.17. The molecule has 1 aliphatic heterocycles. The van der Waals surface area contributed by atoms with Crippen molar-refractivity contribution >= 4 is 15.9 Å². The number of halogens is 1. The summed E-state index contributed by atoms with van der Waals surface area (Å²) in [6, 6.07) is 6.06. The van der Waals surface area contributed by atoms with E-state index in [2.05, 4.69) is 26.9 Å². The molecule has 0 unspecified atom stereocenters. The van der Waals surface area contributed by atoms with Crippen molar-refractivity contribution in [3.05, 3.63) is 28.2 Å². The Balaban J connectivity index is 2.08. The summed E-state index contributed by atoms with van der Waals surface area (Å²) in [5.41, 5.74) is 1.17. The molecule has 1 aromatic carbocycles. The summed E-state index contributed by atoms with van der Waals surface area (Å²) < 4.78 is 6.37. The first-order chi connectivity index (χ1) is 7.69. The van der Waals surface area contributed by atoms with Crippen molar-refractivity contribution in [1.82, 2.24) is 4.90 Å². The van der Waals surface area contributed by atoms with Crippen molar-refractivity contribution < 1.29 is 9.84 Å². The molecule has 0 saturated carbocycles. The molecule has 1 heterocycles. The number of aliphatic hydroxyl groups is 1. The standard InChI is InChI=1S/C12H16BrNO2/c1-16-12-6-10(13)3-2-9(12)7-14-5-4-11(15)8-14/h2-3,6,11,15H,4-5,7-8H2,1H3/t11-/m0/s1. The number of aliphatic hydroxyl groups excluding tert-OH is 1. The van der Waals surface area contributed by atoms with Gasteiger partial charge in [-0.15, -0.1) is 0 Å². The van der Waals surface area contributed by atoms with Crippen LogP contribution in [0.25, 0.3) is 0 Å². The predicted octanol–water partition coefficient (Wildman–Crippen LogP) is 2.02. The highest BCUT2D eigenvalue weighted by Gasteiger charge is 2.20. The maximum Gasteiger partial charge on any atom is 0.124 e. The summed E-state index contributed by atoms with van der Waals surface area (Å²) >= 11 is 3.43. The fourth-order valence-corrected chi connectivity index (χ4v) is 2.39. The zero-order valence-electron chi connectivity index (χ0n) is 9.32. The van der Waals surface area contributed by atoms with Gasteiger partial charge in [0.25, 0.3) is 0 Å². The van der Waals surface area contributed by atoms with Crippen LogP contribution in [0.5, 0.6) is 5.75 Å². The molecule has 0 aliphatic carbocycles. The van der Waals surface area contributed by atoms with Crippen LogP contribution in [0.2, 0.25) is 0 Å². The zero-order chi connectivity index (χ0) is 11.5. The fourth-order valence-electron chi connectivity index (χ4n) is 2.05. The molecule has 16 heavy (non-hydrogen) atoms. The van der Waals surface area contributed by atoms with E-state index in [1.165, 1.54) is 5.56 Å². The van der Waals surface area contributed by atoms with Gasteiger partial charge >= 0.3 is 0 Å². The van der Waals surface area contributed by atoms with E-state index in [9.17, 15) is 5.11 Å². The van der Waals surface area contributed by atoms with Gasteiger partial charge in [-0.2, -0.15) is 0 Å². The van der Waals surface area contributed by atoms with Gasteiger partial charge < -0.3 is 9.84 Å². The number of methoxy groups -OCH3 is 1. The second-order valence-corrected chi connectivity index (χ2v) is 5.05. The molecule has 1 N–H and O–H groups in total. The van der Waals surface area contributed by atoms with Crippen molar-refractivity contribution in [2.24, 2.45) is 0 Å². The number of β-amino-alcohol motifs (C(OH)–C–C–N with tert-alkyl or cyclic N) is 1. The Hall–Kier alpha value is -0.580. The molecular formula is C12H16BrNO2. The average molecular weight is 286 g/mol. The van der Waals surface area contributed by atoms with Crippen LogP contribution in [-0.2, 0) is 6.54 Å². The summed E-state index contributed by atoms with van der Waals surface area (Å²) in [5, 5.41) is 9.47. The van der Waals surface area contributed by atoms with Gasteiger partial charge in [-0.05, 0) is 18.6 Å². The monoisotopic (exact) mass is 285 g/mol. The number of benzene rings is 1. The minimum atomic E-state index is -0.165. The fraction of sp³-hybridized carbons (Fsp3) is 0.500. The first-order valence-corrected chi connectivity index (χ1v) is 6.21.